The Morgan fingerprint density at radius 3 is 2.21 bits per heavy atom. The lowest BCUT2D eigenvalue weighted by Gasteiger charge is -2.44. The van der Waals surface area contributed by atoms with Gasteiger partial charge in [-0.25, -0.2) is 0 Å². The second kappa shape index (κ2) is 11.1. The van der Waals surface area contributed by atoms with Gasteiger partial charge in [-0.1, -0.05) is 23.7 Å². The summed E-state index contributed by atoms with van der Waals surface area (Å²) in [5.74, 6) is 1.00. The minimum absolute atomic E-state index is 0.228. The molecule has 0 bridgehead atoms. The first-order valence-corrected chi connectivity index (χ1v) is 12.6. The van der Waals surface area contributed by atoms with E-state index in [-0.39, 0.29) is 5.54 Å². The van der Waals surface area contributed by atoms with Gasteiger partial charge >= 0.3 is 0 Å². The Labute approximate surface area is 209 Å². The molecule has 1 fully saturated rings. The molecule has 2 aromatic rings. The summed E-state index contributed by atoms with van der Waals surface area (Å²) in [7, 11) is 8.54. The van der Waals surface area contributed by atoms with Gasteiger partial charge in [0.1, 0.15) is 5.84 Å². The van der Waals surface area contributed by atoms with E-state index in [9.17, 15) is 0 Å². The van der Waals surface area contributed by atoms with Crippen molar-refractivity contribution < 1.29 is 4.74 Å². The first kappa shape index (κ1) is 25.0. The Bertz CT molecular complexity index is 1010. The number of benzene rings is 2. The topological polar surface area (TPSA) is 52.1 Å². The lowest BCUT2D eigenvalue weighted by Crippen LogP contribution is -2.55. The molecule has 1 saturated heterocycles. The number of hydrogen-bond acceptors (Lipinski definition) is 5. The molecule has 2 N–H and O–H groups in total. The molecule has 1 spiro atoms. The van der Waals surface area contributed by atoms with Crippen LogP contribution in [0.15, 0.2) is 41.4 Å². The summed E-state index contributed by atoms with van der Waals surface area (Å²) in [5, 5.41) is 8.39. The molecular weight excluding hydrogens is 446 g/mol. The molecule has 2 aliphatic heterocycles. The van der Waals surface area contributed by atoms with Crippen LogP contribution in [0, 0.1) is 0 Å². The van der Waals surface area contributed by atoms with Crippen molar-refractivity contribution in [3.05, 3.63) is 58.1 Å². The molecule has 2 aliphatic rings. The predicted octanol–water partition coefficient (Wildman–Crippen LogP) is 4.53. The summed E-state index contributed by atoms with van der Waals surface area (Å²) < 4.78 is 5.72. The predicted molar refractivity (Wildman–Crippen MR) is 144 cm³/mol. The quantitative estimate of drug-likeness (QED) is 0.577. The van der Waals surface area contributed by atoms with Gasteiger partial charge in [-0.2, -0.15) is 0 Å². The van der Waals surface area contributed by atoms with Gasteiger partial charge in [0.25, 0.3) is 0 Å². The van der Waals surface area contributed by atoms with Crippen LogP contribution in [0.5, 0.6) is 0 Å². The van der Waals surface area contributed by atoms with E-state index in [0.717, 1.165) is 74.1 Å². The number of fused-ring (bicyclic) bond motifs is 1. The molecule has 2 aromatic carbocycles. The Kier molecular flexibility index (Phi) is 8.14. The van der Waals surface area contributed by atoms with Gasteiger partial charge in [0.2, 0.25) is 0 Å². The van der Waals surface area contributed by atoms with Crippen LogP contribution in [0.25, 0.3) is 0 Å². The highest BCUT2D eigenvalue weighted by atomic mass is 35.5. The van der Waals surface area contributed by atoms with Crippen molar-refractivity contribution in [1.29, 1.82) is 0 Å². The highest BCUT2D eigenvalue weighted by Gasteiger charge is 2.41. The molecule has 0 saturated carbocycles. The molecule has 184 valence electrons. The van der Waals surface area contributed by atoms with Gasteiger partial charge < -0.3 is 25.2 Å². The lowest BCUT2D eigenvalue weighted by molar-refractivity contribution is 0.0778. The molecule has 2 heterocycles. The molecule has 7 heteroatoms. The van der Waals surface area contributed by atoms with Crippen LogP contribution in [0.1, 0.15) is 29.5 Å². The number of aliphatic imine (C=N–C) groups is 1. The lowest BCUT2D eigenvalue weighted by atomic mass is 9.85. The zero-order valence-corrected chi connectivity index (χ0v) is 21.7. The molecule has 0 aliphatic carbocycles. The third kappa shape index (κ3) is 6.11. The van der Waals surface area contributed by atoms with E-state index in [1.165, 1.54) is 16.8 Å². The van der Waals surface area contributed by atoms with Gasteiger partial charge in [-0.15, -0.1) is 0 Å². The fraction of sp³-hybridized carbons (Fsp3) is 0.519. The number of rotatable bonds is 8. The van der Waals surface area contributed by atoms with Crippen molar-refractivity contribution in [2.24, 2.45) is 4.99 Å². The third-order valence-electron chi connectivity index (χ3n) is 6.73. The molecule has 34 heavy (non-hydrogen) atoms. The minimum Gasteiger partial charge on any atom is -0.381 e. The molecule has 0 atom stereocenters. The van der Waals surface area contributed by atoms with Gasteiger partial charge in [0.15, 0.2) is 0 Å². The highest BCUT2D eigenvalue weighted by molar-refractivity contribution is 6.30. The van der Waals surface area contributed by atoms with Crippen molar-refractivity contribution in [1.82, 2.24) is 9.80 Å². The average Bonchev–Trinajstić information content (AvgIpc) is 2.80. The smallest absolute Gasteiger partial charge is 0.127 e. The molecule has 6 nitrogen and oxygen atoms in total. The molecular formula is C27H38ClN5O. The molecule has 0 amide bonds. The van der Waals surface area contributed by atoms with E-state index < -0.39 is 0 Å². The number of nitrogens with zero attached hydrogens (tertiary/aromatic N) is 3. The normalized spacial score (nSPS) is 18.3. The number of hydrogen-bond donors (Lipinski definition) is 2. The number of ether oxygens (including phenoxy) is 1. The van der Waals surface area contributed by atoms with E-state index >= 15 is 0 Å². The van der Waals surface area contributed by atoms with Crippen molar-refractivity contribution in [2.45, 2.75) is 37.8 Å². The maximum atomic E-state index is 6.21. The highest BCUT2D eigenvalue weighted by Crippen LogP contribution is 2.39. The van der Waals surface area contributed by atoms with E-state index in [0.29, 0.717) is 6.54 Å². The number of likely N-dealkylation sites (N-methyl/N-ethyl adjacent to an activating group) is 2. The Balaban J connectivity index is 1.67. The second-order valence-electron chi connectivity index (χ2n) is 10.0. The standard InChI is InChI=1S/C27H38ClN5O/c1-32(2)12-8-21-17-24-25(18-22(21)9-13-33(3)4)31-27(10-14-34-15-11-27)26(30-24)29-19-20-6-5-7-23(28)16-20/h5-7,16-18,31H,8-15,19H2,1-4H3,(H,29,30). The van der Waals surface area contributed by atoms with E-state index in [2.05, 4.69) is 66.8 Å². The van der Waals surface area contributed by atoms with Crippen LogP contribution in [-0.4, -0.2) is 75.7 Å². The molecule has 4 rings (SSSR count). The first-order valence-electron chi connectivity index (χ1n) is 12.2. The first-order chi connectivity index (χ1) is 16.3. The summed E-state index contributed by atoms with van der Waals surface area (Å²) >= 11 is 6.21. The van der Waals surface area contributed by atoms with Gasteiger partial charge in [-0.3, -0.25) is 4.99 Å². The maximum absolute atomic E-state index is 6.21. The van der Waals surface area contributed by atoms with Gasteiger partial charge in [0.05, 0.1) is 23.5 Å². The summed E-state index contributed by atoms with van der Waals surface area (Å²) in [6, 6.07) is 12.6. The van der Waals surface area contributed by atoms with Crippen molar-refractivity contribution >= 4 is 28.8 Å². The zero-order chi connectivity index (χ0) is 24.1. The Morgan fingerprint density at radius 2 is 1.59 bits per heavy atom. The largest absolute Gasteiger partial charge is 0.381 e. The maximum Gasteiger partial charge on any atom is 0.127 e. The molecule has 0 unspecified atom stereocenters. The SMILES string of the molecule is CN(C)CCc1cc2c(cc1CCN(C)C)NC1(CCOCC1)C(=NCc1cccc(Cl)c1)N2. The number of amidine groups is 1. The monoisotopic (exact) mass is 483 g/mol. The Morgan fingerprint density at radius 1 is 0.941 bits per heavy atom. The Hall–Kier alpha value is -2.12. The van der Waals surface area contributed by atoms with E-state index in [1.54, 1.807) is 0 Å². The number of anilines is 2. The van der Waals surface area contributed by atoms with Gasteiger partial charge in [-0.05, 0) is 82.0 Å². The minimum atomic E-state index is -0.228. The summed E-state index contributed by atoms with van der Waals surface area (Å²) in [6.45, 7) is 4.12. The van der Waals surface area contributed by atoms with Crippen molar-refractivity contribution in [3.63, 3.8) is 0 Å². The third-order valence-corrected chi connectivity index (χ3v) is 6.97. The van der Waals surface area contributed by atoms with Crippen LogP contribution in [0.2, 0.25) is 5.02 Å². The second-order valence-corrected chi connectivity index (χ2v) is 10.4. The van der Waals surface area contributed by atoms with Gasteiger partial charge in [0, 0.05) is 44.2 Å². The average molecular weight is 484 g/mol. The van der Waals surface area contributed by atoms with Crippen LogP contribution in [0.4, 0.5) is 11.4 Å². The number of halogens is 1. The molecule has 0 radical (unpaired) electrons. The van der Waals surface area contributed by atoms with E-state index in [1.807, 2.05) is 18.2 Å². The van der Waals surface area contributed by atoms with E-state index in [4.69, 9.17) is 21.3 Å². The summed E-state index contributed by atoms with van der Waals surface area (Å²) in [4.78, 5) is 9.57. The van der Waals surface area contributed by atoms with Crippen LogP contribution < -0.4 is 10.6 Å². The van der Waals surface area contributed by atoms with Crippen LogP contribution in [0.3, 0.4) is 0 Å². The fourth-order valence-electron chi connectivity index (χ4n) is 4.69. The van der Waals surface area contributed by atoms with Crippen LogP contribution in [-0.2, 0) is 24.1 Å². The zero-order valence-electron chi connectivity index (χ0n) is 21.0. The summed E-state index contributed by atoms with van der Waals surface area (Å²) in [5.41, 5.74) is 6.00. The van der Waals surface area contributed by atoms with Crippen LogP contribution >= 0.6 is 11.6 Å². The fourth-order valence-corrected chi connectivity index (χ4v) is 4.91. The van der Waals surface area contributed by atoms with Crippen molar-refractivity contribution in [2.75, 3.05) is 65.1 Å². The number of nitrogens with one attached hydrogen (secondary N) is 2. The van der Waals surface area contributed by atoms with Crippen molar-refractivity contribution in [3.8, 4) is 0 Å². The molecule has 0 aromatic heterocycles. The summed E-state index contributed by atoms with van der Waals surface area (Å²) in [6.07, 6.45) is 3.85.